The largest absolute Gasteiger partial charge is 0.395 e. The fourth-order valence-corrected chi connectivity index (χ4v) is 4.12. The third-order valence-corrected chi connectivity index (χ3v) is 5.47. The van der Waals surface area contributed by atoms with Crippen LogP contribution in [0.5, 0.6) is 0 Å². The van der Waals surface area contributed by atoms with Crippen LogP contribution in [0.15, 0.2) is 41.4 Å². The summed E-state index contributed by atoms with van der Waals surface area (Å²) in [5.41, 5.74) is 5.19. The Hall–Kier alpha value is -2.53. The van der Waals surface area contributed by atoms with Crippen molar-refractivity contribution < 1.29 is 14.3 Å². The summed E-state index contributed by atoms with van der Waals surface area (Å²) >= 11 is 1.58. The third kappa shape index (κ3) is 4.65. The normalized spacial score (nSPS) is 15.5. The molecule has 2 aromatic carbocycles. The molecular formula is C21H20FN3O2S. The van der Waals surface area contributed by atoms with Gasteiger partial charge in [0, 0.05) is 13.0 Å². The minimum Gasteiger partial charge on any atom is -0.395 e. The Balaban J connectivity index is 1.97. The number of nitrogens with zero attached hydrogens (tertiary/aromatic N) is 2. The number of hydrogen-bond donors (Lipinski definition) is 2. The Labute approximate surface area is 167 Å². The van der Waals surface area contributed by atoms with E-state index in [1.165, 1.54) is 12.1 Å². The van der Waals surface area contributed by atoms with Gasteiger partial charge in [-0.2, -0.15) is 5.26 Å². The standard InChI is InChI=1S/C21H20FN3O2S/c22-19-9-14(4-5-16(19)10-23)18-3-1-2-15(8-17(27)11-24-6-7-26)21(18)20-12-25-13-28-20/h1-5,9,13,20,24,26H,6-8,11-12H2. The van der Waals surface area contributed by atoms with Crippen molar-refractivity contribution in [1.29, 1.82) is 5.26 Å². The summed E-state index contributed by atoms with van der Waals surface area (Å²) in [6.45, 7) is 1.14. The quantitative estimate of drug-likeness (QED) is 0.669. The summed E-state index contributed by atoms with van der Waals surface area (Å²) < 4.78 is 14.2. The number of rotatable bonds is 8. The topological polar surface area (TPSA) is 85.5 Å². The van der Waals surface area contributed by atoms with Crippen LogP contribution in [0.4, 0.5) is 4.39 Å². The highest BCUT2D eigenvalue weighted by Crippen LogP contribution is 2.40. The molecule has 1 aliphatic rings. The van der Waals surface area contributed by atoms with Gasteiger partial charge in [0.1, 0.15) is 11.9 Å². The summed E-state index contributed by atoms with van der Waals surface area (Å²) in [6.07, 6.45) is 0.247. The maximum Gasteiger partial charge on any atom is 0.150 e. The first-order valence-electron chi connectivity index (χ1n) is 8.93. The van der Waals surface area contributed by atoms with E-state index >= 15 is 0 Å². The molecule has 0 saturated heterocycles. The highest BCUT2D eigenvalue weighted by atomic mass is 32.2. The van der Waals surface area contributed by atoms with E-state index in [1.807, 2.05) is 24.3 Å². The van der Waals surface area contributed by atoms with Gasteiger partial charge in [-0.05, 0) is 34.4 Å². The molecule has 1 aliphatic heterocycles. The average Bonchev–Trinajstić information content (AvgIpc) is 3.22. The summed E-state index contributed by atoms with van der Waals surface area (Å²) in [5.74, 6) is -0.544. The van der Waals surface area contributed by atoms with Gasteiger partial charge in [0.15, 0.2) is 5.78 Å². The first-order chi connectivity index (χ1) is 13.6. The van der Waals surface area contributed by atoms with Gasteiger partial charge in [0.25, 0.3) is 0 Å². The van der Waals surface area contributed by atoms with E-state index in [0.29, 0.717) is 18.7 Å². The van der Waals surface area contributed by atoms with Gasteiger partial charge in [-0.25, -0.2) is 4.39 Å². The molecule has 0 bridgehead atoms. The van der Waals surface area contributed by atoms with E-state index in [2.05, 4.69) is 10.3 Å². The van der Waals surface area contributed by atoms with Gasteiger partial charge in [-0.1, -0.05) is 24.3 Å². The molecule has 5 nitrogen and oxygen atoms in total. The Morgan fingerprint density at radius 2 is 2.25 bits per heavy atom. The van der Waals surface area contributed by atoms with E-state index in [4.69, 9.17) is 10.4 Å². The van der Waals surface area contributed by atoms with E-state index in [0.717, 1.165) is 16.7 Å². The van der Waals surface area contributed by atoms with Crippen LogP contribution in [0.1, 0.15) is 21.9 Å². The summed E-state index contributed by atoms with van der Waals surface area (Å²) in [5, 5.41) is 20.8. The van der Waals surface area contributed by atoms with E-state index in [1.54, 1.807) is 23.4 Å². The van der Waals surface area contributed by atoms with Crippen molar-refractivity contribution in [3.05, 3.63) is 58.9 Å². The summed E-state index contributed by atoms with van der Waals surface area (Å²) in [6, 6.07) is 12.1. The molecule has 7 heteroatoms. The molecule has 1 heterocycles. The van der Waals surface area contributed by atoms with Crippen molar-refractivity contribution in [2.24, 2.45) is 4.99 Å². The van der Waals surface area contributed by atoms with Crippen molar-refractivity contribution in [2.75, 3.05) is 26.2 Å². The predicted molar refractivity (Wildman–Crippen MR) is 109 cm³/mol. The minimum absolute atomic E-state index is 0.00478. The number of carbonyl (C=O) groups is 1. The number of carbonyl (C=O) groups excluding carboxylic acids is 1. The predicted octanol–water partition coefficient (Wildman–Crippen LogP) is 2.87. The molecule has 3 rings (SSSR count). The van der Waals surface area contributed by atoms with Crippen LogP contribution >= 0.6 is 11.8 Å². The molecular weight excluding hydrogens is 377 g/mol. The highest BCUT2D eigenvalue weighted by Gasteiger charge is 2.23. The third-order valence-electron chi connectivity index (χ3n) is 4.49. The van der Waals surface area contributed by atoms with Crippen LogP contribution in [0.3, 0.4) is 0 Å². The van der Waals surface area contributed by atoms with Gasteiger partial charge in [0.05, 0.1) is 36.1 Å². The van der Waals surface area contributed by atoms with E-state index in [9.17, 15) is 9.18 Å². The van der Waals surface area contributed by atoms with E-state index in [-0.39, 0.29) is 36.2 Å². The zero-order valence-electron chi connectivity index (χ0n) is 15.2. The number of aliphatic hydroxyl groups is 1. The Morgan fingerprint density at radius 3 is 2.93 bits per heavy atom. The molecule has 0 amide bonds. The lowest BCUT2D eigenvalue weighted by molar-refractivity contribution is -0.117. The number of ketones is 1. The second-order valence-corrected chi connectivity index (χ2v) is 7.45. The van der Waals surface area contributed by atoms with Crippen LogP contribution in [-0.4, -0.2) is 42.7 Å². The number of benzene rings is 2. The van der Waals surface area contributed by atoms with Crippen molar-refractivity contribution >= 4 is 23.1 Å². The highest BCUT2D eigenvalue weighted by molar-refractivity contribution is 8.12. The zero-order chi connectivity index (χ0) is 19.9. The minimum atomic E-state index is -0.559. The molecule has 2 aromatic rings. The van der Waals surface area contributed by atoms with Crippen molar-refractivity contribution in [2.45, 2.75) is 11.7 Å². The van der Waals surface area contributed by atoms with Gasteiger partial charge in [-0.3, -0.25) is 9.79 Å². The average molecular weight is 397 g/mol. The summed E-state index contributed by atoms with van der Waals surface area (Å²) in [4.78, 5) is 16.7. The van der Waals surface area contributed by atoms with Gasteiger partial charge >= 0.3 is 0 Å². The second-order valence-electron chi connectivity index (χ2n) is 6.40. The van der Waals surface area contributed by atoms with Crippen molar-refractivity contribution in [1.82, 2.24) is 5.32 Å². The van der Waals surface area contributed by atoms with Crippen LogP contribution < -0.4 is 5.32 Å². The van der Waals surface area contributed by atoms with Crippen LogP contribution in [-0.2, 0) is 11.2 Å². The first-order valence-corrected chi connectivity index (χ1v) is 9.87. The number of nitriles is 1. The molecule has 2 N–H and O–H groups in total. The number of aliphatic imine (C=N–C) groups is 1. The fourth-order valence-electron chi connectivity index (χ4n) is 3.21. The molecule has 0 aliphatic carbocycles. The van der Waals surface area contributed by atoms with Crippen molar-refractivity contribution in [3.63, 3.8) is 0 Å². The Morgan fingerprint density at radius 1 is 1.39 bits per heavy atom. The van der Waals surface area contributed by atoms with Crippen LogP contribution in [0.2, 0.25) is 0 Å². The maximum absolute atomic E-state index is 14.2. The SMILES string of the molecule is N#Cc1ccc(-c2cccc(CC(=O)CNCCO)c2C2CN=CS2)cc1F. The van der Waals surface area contributed by atoms with Crippen LogP contribution in [0.25, 0.3) is 11.1 Å². The first kappa shape index (κ1) is 20.2. The number of Topliss-reactive ketones (excluding diaryl/α,β-unsaturated/α-hetero) is 1. The smallest absolute Gasteiger partial charge is 0.150 e. The molecule has 28 heavy (non-hydrogen) atoms. The molecule has 0 spiro atoms. The van der Waals surface area contributed by atoms with Crippen molar-refractivity contribution in [3.8, 4) is 17.2 Å². The monoisotopic (exact) mass is 397 g/mol. The lowest BCUT2D eigenvalue weighted by Gasteiger charge is -2.19. The molecule has 1 unspecified atom stereocenters. The molecule has 1 atom stereocenters. The molecule has 0 saturated carbocycles. The molecule has 0 fully saturated rings. The number of aliphatic hydroxyl groups excluding tert-OH is 1. The number of thioether (sulfide) groups is 1. The number of halogens is 1. The van der Waals surface area contributed by atoms with Gasteiger partial charge in [-0.15, -0.1) is 11.8 Å². The molecule has 144 valence electrons. The number of nitrogens with one attached hydrogen (secondary N) is 1. The summed E-state index contributed by atoms with van der Waals surface area (Å²) in [7, 11) is 0. The molecule has 0 aromatic heterocycles. The number of hydrogen-bond acceptors (Lipinski definition) is 6. The lowest BCUT2D eigenvalue weighted by Crippen LogP contribution is -2.27. The Kier molecular flexibility index (Phi) is 6.93. The second kappa shape index (κ2) is 9.60. The molecule has 0 radical (unpaired) electrons. The fraction of sp³-hybridized carbons (Fsp3) is 0.286. The van der Waals surface area contributed by atoms with Gasteiger partial charge in [0.2, 0.25) is 0 Å². The Bertz CT molecular complexity index is 932. The van der Waals surface area contributed by atoms with E-state index < -0.39 is 5.82 Å². The lowest BCUT2D eigenvalue weighted by atomic mass is 9.90. The van der Waals surface area contributed by atoms with Crippen LogP contribution in [0, 0.1) is 17.1 Å². The maximum atomic E-state index is 14.2. The zero-order valence-corrected chi connectivity index (χ0v) is 16.0. The van der Waals surface area contributed by atoms with Gasteiger partial charge < -0.3 is 10.4 Å².